The molecule has 8 nitrogen and oxygen atoms in total. The number of nitrogens with one attached hydrogen (secondary N) is 2. The maximum absolute atomic E-state index is 13.3. The summed E-state index contributed by atoms with van der Waals surface area (Å²) in [7, 11) is -7.94. The first-order valence-electron chi connectivity index (χ1n) is 9.22. The fraction of sp³-hybridized carbons (Fsp3) is 0.211. The SMILES string of the molecule is O=C(NNS(=O)(=O)c1cccs1)[C@@H]1C[C@@H](S)CN1S(=O)(=O)c1ccc2ccccc2c1. The van der Waals surface area contributed by atoms with Crippen LogP contribution in [-0.2, 0) is 24.8 Å². The van der Waals surface area contributed by atoms with Crippen molar-refractivity contribution in [3.8, 4) is 0 Å². The Labute approximate surface area is 189 Å². The van der Waals surface area contributed by atoms with Gasteiger partial charge in [0.2, 0.25) is 10.0 Å². The number of hydrazine groups is 1. The smallest absolute Gasteiger partial charge is 0.266 e. The van der Waals surface area contributed by atoms with Crippen LogP contribution in [0.15, 0.2) is 69.1 Å². The summed E-state index contributed by atoms with van der Waals surface area (Å²) < 4.78 is 52.2. The molecule has 1 aliphatic heterocycles. The minimum absolute atomic E-state index is 0.0342. The largest absolute Gasteiger partial charge is 0.276 e. The molecule has 3 aromatic rings. The maximum Gasteiger partial charge on any atom is 0.266 e. The van der Waals surface area contributed by atoms with Gasteiger partial charge in [-0.3, -0.25) is 10.2 Å². The molecule has 0 radical (unpaired) electrons. The number of hydrogen-bond acceptors (Lipinski definition) is 7. The van der Waals surface area contributed by atoms with E-state index in [2.05, 4.69) is 18.1 Å². The van der Waals surface area contributed by atoms with Crippen LogP contribution in [0.25, 0.3) is 10.8 Å². The third-order valence-corrected chi connectivity index (χ3v) is 9.82. The lowest BCUT2D eigenvalue weighted by molar-refractivity contribution is -0.124. The zero-order chi connectivity index (χ0) is 22.2. The number of carbonyl (C=O) groups is 1. The predicted molar refractivity (Wildman–Crippen MR) is 122 cm³/mol. The molecular formula is C19H19N3O5S4. The molecule has 1 fully saturated rings. The van der Waals surface area contributed by atoms with E-state index in [0.29, 0.717) is 0 Å². The molecule has 164 valence electrons. The summed E-state index contributed by atoms with van der Waals surface area (Å²) in [4.78, 5) is 14.8. The number of hydrogen-bond donors (Lipinski definition) is 3. The average molecular weight is 498 g/mol. The van der Waals surface area contributed by atoms with Gasteiger partial charge in [-0.15, -0.1) is 16.2 Å². The second-order valence-corrected chi connectivity index (χ2v) is 12.5. The van der Waals surface area contributed by atoms with E-state index in [1.54, 1.807) is 23.6 Å². The first kappa shape index (κ1) is 22.2. The third-order valence-electron chi connectivity index (χ3n) is 4.93. The van der Waals surface area contributed by atoms with E-state index in [4.69, 9.17) is 0 Å². The molecule has 12 heteroatoms. The van der Waals surface area contributed by atoms with E-state index < -0.39 is 32.0 Å². The first-order valence-corrected chi connectivity index (χ1v) is 13.5. The van der Waals surface area contributed by atoms with Gasteiger partial charge in [0.1, 0.15) is 10.3 Å². The van der Waals surface area contributed by atoms with Gasteiger partial charge in [-0.05, 0) is 40.8 Å². The van der Waals surface area contributed by atoms with Crippen LogP contribution in [-0.4, -0.2) is 44.9 Å². The van der Waals surface area contributed by atoms with Gasteiger partial charge in [-0.1, -0.05) is 36.4 Å². The molecule has 31 heavy (non-hydrogen) atoms. The fourth-order valence-electron chi connectivity index (χ4n) is 3.42. The van der Waals surface area contributed by atoms with E-state index in [0.717, 1.165) is 26.4 Å². The number of benzene rings is 2. The molecule has 2 atom stereocenters. The molecule has 0 saturated carbocycles. The van der Waals surface area contributed by atoms with Crippen LogP contribution >= 0.6 is 24.0 Å². The first-order chi connectivity index (χ1) is 14.7. The molecule has 1 saturated heterocycles. The molecule has 2 heterocycles. The van der Waals surface area contributed by atoms with E-state index in [1.807, 2.05) is 29.1 Å². The minimum atomic E-state index is -4.01. The quantitative estimate of drug-likeness (QED) is 0.356. The van der Waals surface area contributed by atoms with Gasteiger partial charge in [-0.25, -0.2) is 16.8 Å². The number of carbonyl (C=O) groups excluding carboxylic acids is 1. The van der Waals surface area contributed by atoms with Crippen LogP contribution < -0.4 is 10.3 Å². The van der Waals surface area contributed by atoms with Crippen LogP contribution in [0.2, 0.25) is 0 Å². The zero-order valence-corrected chi connectivity index (χ0v) is 19.3. The molecule has 1 amide bonds. The Morgan fingerprint density at radius 2 is 1.77 bits per heavy atom. The van der Waals surface area contributed by atoms with Crippen molar-refractivity contribution in [2.45, 2.75) is 26.8 Å². The third kappa shape index (κ3) is 4.49. The van der Waals surface area contributed by atoms with Crippen molar-refractivity contribution in [3.63, 3.8) is 0 Å². The summed E-state index contributed by atoms with van der Waals surface area (Å²) >= 11 is 5.36. The van der Waals surface area contributed by atoms with Crippen LogP contribution in [0.4, 0.5) is 0 Å². The number of fused-ring (bicyclic) bond motifs is 1. The Morgan fingerprint density at radius 3 is 2.48 bits per heavy atom. The van der Waals surface area contributed by atoms with Gasteiger partial charge >= 0.3 is 0 Å². The number of amides is 1. The van der Waals surface area contributed by atoms with Gasteiger partial charge in [0.25, 0.3) is 15.9 Å². The molecule has 1 aliphatic rings. The van der Waals surface area contributed by atoms with Crippen molar-refractivity contribution < 1.29 is 21.6 Å². The highest BCUT2D eigenvalue weighted by atomic mass is 32.2. The highest BCUT2D eigenvalue weighted by Gasteiger charge is 2.43. The molecule has 2 N–H and O–H groups in total. The number of rotatable bonds is 6. The topological polar surface area (TPSA) is 113 Å². The Morgan fingerprint density at radius 1 is 1.03 bits per heavy atom. The second kappa shape index (κ2) is 8.52. The Balaban J connectivity index is 1.57. The fourth-order valence-corrected chi connectivity index (χ4v) is 7.42. The summed E-state index contributed by atoms with van der Waals surface area (Å²) in [5.41, 5.74) is 2.15. The van der Waals surface area contributed by atoms with Crippen molar-refractivity contribution in [2.75, 3.05) is 6.54 Å². The minimum Gasteiger partial charge on any atom is -0.276 e. The van der Waals surface area contributed by atoms with E-state index >= 15 is 0 Å². The molecule has 2 aromatic carbocycles. The number of thiophene rings is 1. The lowest BCUT2D eigenvalue weighted by Gasteiger charge is -2.23. The summed E-state index contributed by atoms with van der Waals surface area (Å²) in [6, 6.07) is 14.0. The van der Waals surface area contributed by atoms with Crippen LogP contribution in [0.3, 0.4) is 0 Å². The summed E-state index contributed by atoms with van der Waals surface area (Å²) in [6.45, 7) is 0.0357. The maximum atomic E-state index is 13.3. The summed E-state index contributed by atoms with van der Waals surface area (Å²) in [5, 5.41) is 2.89. The molecule has 0 aliphatic carbocycles. The Hall–Kier alpha value is -1.96. The van der Waals surface area contributed by atoms with E-state index in [9.17, 15) is 21.6 Å². The Kier molecular flexibility index (Phi) is 6.12. The van der Waals surface area contributed by atoms with Crippen molar-refractivity contribution in [2.24, 2.45) is 0 Å². The van der Waals surface area contributed by atoms with Gasteiger partial charge in [0.05, 0.1) is 4.90 Å². The van der Waals surface area contributed by atoms with Gasteiger partial charge in [0, 0.05) is 11.8 Å². The number of nitrogens with zero attached hydrogens (tertiary/aromatic N) is 1. The summed E-state index contributed by atoms with van der Waals surface area (Å²) in [6.07, 6.45) is 0.155. The highest BCUT2D eigenvalue weighted by molar-refractivity contribution is 7.91. The van der Waals surface area contributed by atoms with E-state index in [1.165, 1.54) is 12.1 Å². The van der Waals surface area contributed by atoms with Gasteiger partial charge in [0.15, 0.2) is 0 Å². The van der Waals surface area contributed by atoms with E-state index in [-0.39, 0.29) is 27.3 Å². The molecular weight excluding hydrogens is 478 g/mol. The van der Waals surface area contributed by atoms with Crippen molar-refractivity contribution >= 4 is 60.7 Å². The zero-order valence-electron chi connectivity index (χ0n) is 16.0. The van der Waals surface area contributed by atoms with Gasteiger partial charge < -0.3 is 0 Å². The number of thiol groups is 1. The normalized spacial score (nSPS) is 20.2. The molecule has 0 bridgehead atoms. The average Bonchev–Trinajstić information content (AvgIpc) is 3.42. The molecule has 4 rings (SSSR count). The van der Waals surface area contributed by atoms with Crippen LogP contribution in [0.5, 0.6) is 0 Å². The number of sulfonamides is 2. The lowest BCUT2D eigenvalue weighted by Crippen LogP contribution is -2.51. The predicted octanol–water partition coefficient (Wildman–Crippen LogP) is 1.97. The van der Waals surface area contributed by atoms with Crippen molar-refractivity contribution in [1.29, 1.82) is 0 Å². The second-order valence-electron chi connectivity index (χ2n) is 7.02. The molecule has 0 spiro atoms. The monoisotopic (exact) mass is 497 g/mol. The Bertz CT molecular complexity index is 1320. The summed E-state index contributed by atoms with van der Waals surface area (Å²) in [5.74, 6) is -0.763. The van der Waals surface area contributed by atoms with Crippen molar-refractivity contribution in [1.82, 2.24) is 14.6 Å². The molecule has 1 aromatic heterocycles. The van der Waals surface area contributed by atoms with Crippen LogP contribution in [0.1, 0.15) is 6.42 Å². The van der Waals surface area contributed by atoms with Crippen molar-refractivity contribution in [3.05, 3.63) is 60.0 Å². The lowest BCUT2D eigenvalue weighted by atomic mass is 10.1. The standard InChI is InChI=1S/C19H19N3O5S4/c23-19(20-21-30(24,25)18-6-3-9-29-18)17-11-15(28)12-22(17)31(26,27)16-8-7-13-4-1-2-5-14(13)10-16/h1-10,15,17,21,28H,11-12H2,(H,20,23)/t15-,17+/m1/s1. The van der Waals surface area contributed by atoms with Gasteiger partial charge in [-0.2, -0.15) is 16.9 Å². The van der Waals surface area contributed by atoms with Crippen LogP contribution in [0, 0.1) is 0 Å². The highest BCUT2D eigenvalue weighted by Crippen LogP contribution is 2.30. The molecule has 0 unspecified atom stereocenters.